The molecule has 0 atom stereocenters. The number of rotatable bonds is 5. The molecule has 0 saturated carbocycles. The monoisotopic (exact) mass is 340 g/mol. The number of aliphatic imine (C=N–C) groups is 1. The van der Waals surface area contributed by atoms with Crippen molar-refractivity contribution in [2.24, 2.45) is 4.99 Å². The van der Waals surface area contributed by atoms with E-state index in [1.54, 1.807) is 0 Å². The van der Waals surface area contributed by atoms with Gasteiger partial charge in [0, 0.05) is 29.1 Å². The SMILES string of the molecule is CC(C)c1cccc(C(C)C)c1N=CCc1ncncn1.[Ni]. The molecule has 4 nitrogen and oxygen atoms in total. The van der Waals surface area contributed by atoms with Crippen molar-refractivity contribution in [2.45, 2.75) is 46.0 Å². The molecule has 0 radical (unpaired) electrons. The molecule has 0 aliphatic heterocycles. The largest absolute Gasteiger partial charge is 0.260 e. The van der Waals surface area contributed by atoms with Gasteiger partial charge in [0.2, 0.25) is 0 Å². The van der Waals surface area contributed by atoms with Gasteiger partial charge >= 0.3 is 0 Å². The Morgan fingerprint density at radius 3 is 2.05 bits per heavy atom. The maximum absolute atomic E-state index is 4.72. The first-order chi connectivity index (χ1) is 10.1. The zero-order valence-corrected chi connectivity index (χ0v) is 14.4. The summed E-state index contributed by atoms with van der Waals surface area (Å²) in [7, 11) is 0. The Morgan fingerprint density at radius 2 is 1.55 bits per heavy atom. The molecule has 1 heterocycles. The molecule has 0 saturated heterocycles. The van der Waals surface area contributed by atoms with Crippen LogP contribution in [-0.2, 0) is 22.9 Å². The van der Waals surface area contributed by atoms with Gasteiger partial charge in [0.15, 0.2) is 0 Å². The van der Waals surface area contributed by atoms with Crippen molar-refractivity contribution < 1.29 is 16.5 Å². The van der Waals surface area contributed by atoms with Crippen LogP contribution in [0, 0.1) is 0 Å². The molecule has 0 aliphatic rings. The Kier molecular flexibility index (Phi) is 7.33. The fourth-order valence-corrected chi connectivity index (χ4v) is 2.25. The normalized spacial score (nSPS) is 11.2. The summed E-state index contributed by atoms with van der Waals surface area (Å²) in [6, 6.07) is 6.44. The zero-order valence-electron chi connectivity index (χ0n) is 13.4. The summed E-state index contributed by atoms with van der Waals surface area (Å²) >= 11 is 0. The van der Waals surface area contributed by atoms with Gasteiger partial charge < -0.3 is 0 Å². The van der Waals surface area contributed by atoms with Crippen LogP contribution in [0.1, 0.15) is 56.5 Å². The summed E-state index contributed by atoms with van der Waals surface area (Å²) in [6.45, 7) is 8.80. The smallest absolute Gasteiger partial charge is 0.137 e. The first-order valence-electron chi connectivity index (χ1n) is 7.35. The molecule has 1 aromatic heterocycles. The molecule has 2 rings (SSSR count). The second-order valence-corrected chi connectivity index (χ2v) is 5.66. The van der Waals surface area contributed by atoms with Crippen LogP contribution in [0.5, 0.6) is 0 Å². The van der Waals surface area contributed by atoms with Crippen LogP contribution < -0.4 is 0 Å². The van der Waals surface area contributed by atoms with Crippen molar-refractivity contribution in [3.8, 4) is 0 Å². The minimum Gasteiger partial charge on any atom is -0.260 e. The second kappa shape index (κ2) is 8.74. The first kappa shape index (κ1) is 18.4. The molecule has 0 bridgehead atoms. The van der Waals surface area contributed by atoms with Crippen LogP contribution in [0.2, 0.25) is 0 Å². The Labute approximate surface area is 142 Å². The molecule has 120 valence electrons. The van der Waals surface area contributed by atoms with Crippen LogP contribution in [0.3, 0.4) is 0 Å². The van der Waals surface area contributed by atoms with E-state index in [9.17, 15) is 0 Å². The number of hydrogen-bond acceptors (Lipinski definition) is 4. The first-order valence-corrected chi connectivity index (χ1v) is 7.35. The predicted octanol–water partition coefficient (Wildman–Crippen LogP) is 4.06. The van der Waals surface area contributed by atoms with E-state index in [1.807, 2.05) is 6.21 Å². The van der Waals surface area contributed by atoms with Crippen molar-refractivity contribution >= 4 is 11.9 Å². The fraction of sp³-hybridized carbons (Fsp3) is 0.412. The number of nitrogens with zero attached hydrogens (tertiary/aromatic N) is 4. The molecule has 0 amide bonds. The summed E-state index contributed by atoms with van der Waals surface area (Å²) in [5.74, 6) is 1.64. The van der Waals surface area contributed by atoms with E-state index in [2.05, 4.69) is 60.8 Å². The standard InChI is InChI=1S/C17H22N4.Ni/c1-12(2)14-6-5-7-15(13(3)4)17(14)19-9-8-16-20-10-18-11-21-16;/h5-7,9-13H,8H2,1-4H3;. The van der Waals surface area contributed by atoms with Crippen LogP contribution in [0.4, 0.5) is 5.69 Å². The molecule has 0 unspecified atom stereocenters. The van der Waals surface area contributed by atoms with Gasteiger partial charge in [-0.1, -0.05) is 45.9 Å². The molecule has 2 aromatic rings. The van der Waals surface area contributed by atoms with Crippen molar-refractivity contribution in [1.82, 2.24) is 15.0 Å². The van der Waals surface area contributed by atoms with E-state index < -0.39 is 0 Å². The maximum Gasteiger partial charge on any atom is 0.137 e. The van der Waals surface area contributed by atoms with Gasteiger partial charge in [-0.2, -0.15) is 0 Å². The third-order valence-electron chi connectivity index (χ3n) is 3.38. The van der Waals surface area contributed by atoms with Gasteiger partial charge in [-0.05, 0) is 23.0 Å². The van der Waals surface area contributed by atoms with Gasteiger partial charge in [0.05, 0.1) is 5.69 Å². The quantitative estimate of drug-likeness (QED) is 0.609. The summed E-state index contributed by atoms with van der Waals surface area (Å²) < 4.78 is 0. The second-order valence-electron chi connectivity index (χ2n) is 5.66. The van der Waals surface area contributed by atoms with Gasteiger partial charge in [0.25, 0.3) is 0 Å². The third-order valence-corrected chi connectivity index (χ3v) is 3.38. The van der Waals surface area contributed by atoms with Crippen LogP contribution in [0.15, 0.2) is 35.8 Å². The van der Waals surface area contributed by atoms with Gasteiger partial charge in [-0.15, -0.1) is 0 Å². The fourth-order valence-electron chi connectivity index (χ4n) is 2.25. The van der Waals surface area contributed by atoms with Crippen LogP contribution in [0.25, 0.3) is 0 Å². The number of aromatic nitrogens is 3. The minimum atomic E-state index is 0. The average Bonchev–Trinajstić information content (AvgIpc) is 2.48. The molecular formula is C17H22N4Ni. The molecule has 1 aromatic carbocycles. The Bertz CT molecular complexity index is 583. The molecular weight excluding hydrogens is 319 g/mol. The summed E-state index contributed by atoms with van der Waals surface area (Å²) in [5, 5.41) is 0. The molecule has 0 N–H and O–H groups in total. The van der Waals surface area contributed by atoms with E-state index >= 15 is 0 Å². The van der Waals surface area contributed by atoms with Gasteiger partial charge in [-0.25, -0.2) is 15.0 Å². The van der Waals surface area contributed by atoms with Crippen molar-refractivity contribution in [2.75, 3.05) is 0 Å². The molecule has 0 aliphatic carbocycles. The summed E-state index contributed by atoms with van der Waals surface area (Å²) in [6.07, 6.45) is 5.53. The van der Waals surface area contributed by atoms with E-state index in [1.165, 1.54) is 23.8 Å². The number of hydrogen-bond donors (Lipinski definition) is 0. The van der Waals surface area contributed by atoms with E-state index in [-0.39, 0.29) is 16.5 Å². The van der Waals surface area contributed by atoms with Crippen molar-refractivity contribution in [3.05, 3.63) is 47.8 Å². The molecule has 5 heteroatoms. The zero-order chi connectivity index (χ0) is 15.2. The summed E-state index contributed by atoms with van der Waals surface area (Å²) in [5.41, 5.74) is 3.66. The van der Waals surface area contributed by atoms with Gasteiger partial charge in [-0.3, -0.25) is 4.99 Å². The molecule has 0 spiro atoms. The maximum atomic E-state index is 4.72. The number of para-hydroxylation sites is 1. The molecule has 0 fully saturated rings. The van der Waals surface area contributed by atoms with Crippen molar-refractivity contribution in [3.63, 3.8) is 0 Å². The topological polar surface area (TPSA) is 51.0 Å². The van der Waals surface area contributed by atoms with Crippen LogP contribution in [-0.4, -0.2) is 21.2 Å². The van der Waals surface area contributed by atoms with E-state index in [0.717, 1.165) is 11.5 Å². The van der Waals surface area contributed by atoms with E-state index in [0.29, 0.717) is 18.3 Å². The molecule has 22 heavy (non-hydrogen) atoms. The Hall–Kier alpha value is -1.61. The predicted molar refractivity (Wildman–Crippen MR) is 86.3 cm³/mol. The Balaban J connectivity index is 0.00000242. The Morgan fingerprint density at radius 1 is 1.00 bits per heavy atom. The van der Waals surface area contributed by atoms with E-state index in [4.69, 9.17) is 4.99 Å². The number of benzene rings is 1. The third kappa shape index (κ3) is 4.70. The van der Waals surface area contributed by atoms with Gasteiger partial charge in [0.1, 0.15) is 18.5 Å². The average molecular weight is 341 g/mol. The summed E-state index contributed by atoms with van der Waals surface area (Å²) in [4.78, 5) is 16.8. The minimum absolute atomic E-state index is 0. The van der Waals surface area contributed by atoms with Crippen LogP contribution >= 0.6 is 0 Å². The van der Waals surface area contributed by atoms with Crippen molar-refractivity contribution in [1.29, 1.82) is 0 Å².